The van der Waals surface area contributed by atoms with E-state index in [9.17, 15) is 8.96 Å². The van der Waals surface area contributed by atoms with Crippen LogP contribution in [0, 0.1) is 5.82 Å². The first-order chi connectivity index (χ1) is 13.0. The van der Waals surface area contributed by atoms with Crippen molar-refractivity contribution in [3.8, 4) is 0 Å². The fourth-order valence-electron chi connectivity index (χ4n) is 3.26. The lowest BCUT2D eigenvalue weighted by Gasteiger charge is -2.29. The third kappa shape index (κ3) is 4.12. The summed E-state index contributed by atoms with van der Waals surface area (Å²) in [5.74, 6) is -1.09. The Morgan fingerprint density at radius 2 is 1.56 bits per heavy atom. The quantitative estimate of drug-likeness (QED) is 0.520. The van der Waals surface area contributed by atoms with Crippen LogP contribution in [0.3, 0.4) is 0 Å². The van der Waals surface area contributed by atoms with Gasteiger partial charge in [-0.1, -0.05) is 54.6 Å². The van der Waals surface area contributed by atoms with Crippen LogP contribution >= 0.6 is 7.60 Å². The molecule has 3 rings (SSSR count). The van der Waals surface area contributed by atoms with Gasteiger partial charge in [-0.2, -0.15) is 0 Å². The lowest BCUT2D eigenvalue weighted by Crippen LogP contribution is -2.26. The summed E-state index contributed by atoms with van der Waals surface area (Å²) in [6.45, 7) is 1.99. The van der Waals surface area contributed by atoms with Crippen LogP contribution in [0.2, 0.25) is 0 Å². The van der Waals surface area contributed by atoms with E-state index in [-0.39, 0.29) is 11.9 Å². The van der Waals surface area contributed by atoms with Crippen molar-refractivity contribution in [3.05, 3.63) is 83.7 Å². The summed E-state index contributed by atoms with van der Waals surface area (Å²) in [4.78, 5) is 0. The highest BCUT2D eigenvalue weighted by molar-refractivity contribution is 7.54. The van der Waals surface area contributed by atoms with E-state index in [4.69, 9.17) is 9.05 Å². The van der Waals surface area contributed by atoms with Gasteiger partial charge in [0.2, 0.25) is 0 Å². The van der Waals surface area contributed by atoms with Gasteiger partial charge in [-0.15, -0.1) is 0 Å². The summed E-state index contributed by atoms with van der Waals surface area (Å²) in [5, 5.41) is 5.61. The zero-order valence-electron chi connectivity index (χ0n) is 15.6. The number of halogens is 1. The molecule has 0 aliphatic carbocycles. The molecule has 6 heteroatoms. The molecule has 0 aliphatic rings. The van der Waals surface area contributed by atoms with Crippen molar-refractivity contribution in [2.24, 2.45) is 0 Å². The van der Waals surface area contributed by atoms with Crippen LogP contribution in [0.5, 0.6) is 0 Å². The van der Waals surface area contributed by atoms with Crippen molar-refractivity contribution >= 4 is 18.4 Å². The summed E-state index contributed by atoms with van der Waals surface area (Å²) >= 11 is 0. The van der Waals surface area contributed by atoms with E-state index in [1.54, 1.807) is 12.1 Å². The smallest absolute Gasteiger partial charge is 0.311 e. The minimum absolute atomic E-state index is 0.148. The molecule has 1 unspecified atom stereocenters. The van der Waals surface area contributed by atoms with E-state index >= 15 is 0 Å². The third-order valence-corrected chi connectivity index (χ3v) is 6.81. The predicted molar refractivity (Wildman–Crippen MR) is 106 cm³/mol. The van der Waals surface area contributed by atoms with E-state index in [0.717, 1.165) is 16.3 Å². The Hall–Kier alpha value is -2.04. The molecule has 0 heterocycles. The molecule has 0 saturated heterocycles. The first-order valence-electron chi connectivity index (χ1n) is 8.69. The van der Waals surface area contributed by atoms with Gasteiger partial charge in [0.1, 0.15) is 11.6 Å². The normalized spacial score (nSPS) is 14.2. The highest BCUT2D eigenvalue weighted by Crippen LogP contribution is 2.59. The van der Waals surface area contributed by atoms with Gasteiger partial charge in [0.25, 0.3) is 0 Å². The van der Waals surface area contributed by atoms with Crippen LogP contribution in [0.15, 0.2) is 66.7 Å². The van der Waals surface area contributed by atoms with E-state index in [1.807, 2.05) is 31.2 Å². The Bertz CT molecular complexity index is 948. The molecule has 0 spiro atoms. The molecule has 0 radical (unpaired) electrons. The number of hydrogen-bond donors (Lipinski definition) is 1. The van der Waals surface area contributed by atoms with Gasteiger partial charge in [-0.25, -0.2) is 4.39 Å². The molecule has 3 aromatic carbocycles. The topological polar surface area (TPSA) is 47.6 Å². The molecule has 0 saturated carbocycles. The molecular formula is C21H23FNO3P. The van der Waals surface area contributed by atoms with Gasteiger partial charge in [-0.3, -0.25) is 9.88 Å². The van der Waals surface area contributed by atoms with Gasteiger partial charge in [0.05, 0.1) is 0 Å². The van der Waals surface area contributed by atoms with Crippen molar-refractivity contribution in [2.75, 3.05) is 14.2 Å². The standard InChI is InChI=1S/C21H23FNO3P/c1-15(19-10-6-8-16-7-4-5-9-20(16)19)23-21(27(24,25-2)26-3)17-11-13-18(22)14-12-17/h4-15,21,23H,1-3H3/t15-,21?/m0/s1. The highest BCUT2D eigenvalue weighted by atomic mass is 31.2. The lowest BCUT2D eigenvalue weighted by atomic mass is 9.99. The second-order valence-electron chi connectivity index (χ2n) is 6.32. The van der Waals surface area contributed by atoms with Crippen LogP contribution in [0.25, 0.3) is 10.8 Å². The number of fused-ring (bicyclic) bond motifs is 1. The maximum absolute atomic E-state index is 13.4. The summed E-state index contributed by atoms with van der Waals surface area (Å²) < 4.78 is 37.0. The Balaban J connectivity index is 2.00. The molecule has 4 nitrogen and oxygen atoms in total. The molecule has 0 bridgehead atoms. The average Bonchev–Trinajstić information content (AvgIpc) is 2.71. The van der Waals surface area contributed by atoms with E-state index in [0.29, 0.717) is 5.56 Å². The molecule has 0 aliphatic heterocycles. The van der Waals surface area contributed by atoms with E-state index < -0.39 is 13.4 Å². The summed E-state index contributed by atoms with van der Waals surface area (Å²) in [6.07, 6.45) is 0. The Kier molecular flexibility index (Phi) is 6.08. The first-order valence-corrected chi connectivity index (χ1v) is 10.3. The number of rotatable bonds is 7. The van der Waals surface area contributed by atoms with Crippen molar-refractivity contribution in [2.45, 2.75) is 18.7 Å². The zero-order valence-corrected chi connectivity index (χ0v) is 16.4. The first kappa shape index (κ1) is 19.7. The average molecular weight is 387 g/mol. The number of nitrogens with one attached hydrogen (secondary N) is 1. The van der Waals surface area contributed by atoms with Crippen molar-refractivity contribution in [1.82, 2.24) is 5.32 Å². The molecule has 142 valence electrons. The van der Waals surface area contributed by atoms with Crippen LogP contribution < -0.4 is 5.32 Å². The molecule has 3 aromatic rings. The Labute approximate surface area is 158 Å². The Morgan fingerprint density at radius 1 is 0.926 bits per heavy atom. The Morgan fingerprint density at radius 3 is 2.22 bits per heavy atom. The molecule has 27 heavy (non-hydrogen) atoms. The maximum Gasteiger partial charge on any atom is 0.351 e. The minimum Gasteiger partial charge on any atom is -0.311 e. The number of benzene rings is 3. The van der Waals surface area contributed by atoms with Gasteiger partial charge in [0, 0.05) is 20.3 Å². The SMILES string of the molecule is COP(=O)(OC)C(N[C@@H](C)c1cccc2ccccc12)c1ccc(F)cc1. The summed E-state index contributed by atoms with van der Waals surface area (Å²) in [7, 11) is -0.792. The van der Waals surface area contributed by atoms with E-state index in [1.165, 1.54) is 26.4 Å². The van der Waals surface area contributed by atoms with Gasteiger partial charge in [-0.05, 0) is 41.0 Å². The molecule has 0 amide bonds. The molecule has 1 N–H and O–H groups in total. The second kappa shape index (κ2) is 8.32. The predicted octanol–water partition coefficient (Wildman–Crippen LogP) is 5.81. The molecule has 0 fully saturated rings. The minimum atomic E-state index is -3.50. The molecular weight excluding hydrogens is 364 g/mol. The monoisotopic (exact) mass is 387 g/mol. The maximum atomic E-state index is 13.4. The lowest BCUT2D eigenvalue weighted by molar-refractivity contribution is 0.256. The largest absolute Gasteiger partial charge is 0.351 e. The third-order valence-electron chi connectivity index (χ3n) is 4.71. The number of hydrogen-bond acceptors (Lipinski definition) is 4. The van der Waals surface area contributed by atoms with Crippen LogP contribution in [-0.4, -0.2) is 14.2 Å². The molecule has 0 aromatic heterocycles. The van der Waals surface area contributed by atoms with Gasteiger partial charge in [0.15, 0.2) is 0 Å². The van der Waals surface area contributed by atoms with E-state index in [2.05, 4.69) is 23.5 Å². The van der Waals surface area contributed by atoms with Crippen molar-refractivity contribution in [1.29, 1.82) is 0 Å². The zero-order chi connectivity index (χ0) is 19.4. The fourth-order valence-corrected chi connectivity index (χ4v) is 4.77. The molecule has 2 atom stereocenters. The van der Waals surface area contributed by atoms with Crippen LogP contribution in [0.4, 0.5) is 4.39 Å². The highest BCUT2D eigenvalue weighted by Gasteiger charge is 2.36. The fraction of sp³-hybridized carbons (Fsp3) is 0.238. The van der Waals surface area contributed by atoms with Gasteiger partial charge < -0.3 is 9.05 Å². The summed E-state index contributed by atoms with van der Waals surface area (Å²) in [6, 6.07) is 19.9. The van der Waals surface area contributed by atoms with Crippen LogP contribution in [0.1, 0.15) is 29.9 Å². The van der Waals surface area contributed by atoms with Crippen molar-refractivity contribution < 1.29 is 18.0 Å². The van der Waals surface area contributed by atoms with Crippen molar-refractivity contribution in [3.63, 3.8) is 0 Å². The van der Waals surface area contributed by atoms with Crippen LogP contribution in [-0.2, 0) is 13.6 Å². The van der Waals surface area contributed by atoms with Gasteiger partial charge >= 0.3 is 7.60 Å². The second-order valence-corrected chi connectivity index (χ2v) is 8.64. The summed E-state index contributed by atoms with van der Waals surface area (Å²) in [5.41, 5.74) is 1.70.